The zero-order valence-corrected chi connectivity index (χ0v) is 10.5. The first-order chi connectivity index (χ1) is 8.07. The first kappa shape index (κ1) is 17.8. The summed E-state index contributed by atoms with van der Waals surface area (Å²) in [6, 6.07) is 0. The lowest BCUT2D eigenvalue weighted by atomic mass is 9.90. The minimum Gasteiger partial charge on any atom is -0.481 e. The van der Waals surface area contributed by atoms with Gasteiger partial charge in [0.1, 0.15) is 0 Å². The summed E-state index contributed by atoms with van der Waals surface area (Å²) in [7, 11) is 0. The third kappa shape index (κ3) is 12.4. The zero-order valence-electron chi connectivity index (χ0n) is 10.5. The van der Waals surface area contributed by atoms with E-state index in [1.807, 2.05) is 0 Å². The quantitative estimate of drug-likeness (QED) is 0.459. The van der Waals surface area contributed by atoms with Crippen LogP contribution >= 0.6 is 0 Å². The zero-order chi connectivity index (χ0) is 13.7. The Kier molecular flexibility index (Phi) is 13.1. The number of carboxylic acids is 1. The number of carbonyl (C=O) groups is 2. The van der Waals surface area contributed by atoms with Crippen LogP contribution in [0.25, 0.3) is 0 Å². The summed E-state index contributed by atoms with van der Waals surface area (Å²) in [5.74, 6) is -0.960. The van der Waals surface area contributed by atoms with Crippen LogP contribution in [-0.4, -0.2) is 17.0 Å². The van der Waals surface area contributed by atoms with Crippen molar-refractivity contribution in [3.63, 3.8) is 0 Å². The molecule has 0 aliphatic heterocycles. The number of carbonyl (C=O) groups excluding carboxylic acids is 1. The van der Waals surface area contributed by atoms with Crippen LogP contribution in [0, 0.1) is 5.92 Å². The predicted octanol–water partition coefficient (Wildman–Crippen LogP) is 3.15. The molecule has 0 atom stereocenters. The number of ether oxygens (including phenoxy) is 1. The van der Waals surface area contributed by atoms with E-state index in [1.165, 1.54) is 13.3 Å². The Hall–Kier alpha value is -1.58. The van der Waals surface area contributed by atoms with Crippen LogP contribution in [0.2, 0.25) is 0 Å². The molecule has 1 fully saturated rings. The highest BCUT2D eigenvalue weighted by Crippen LogP contribution is 2.23. The smallest absolute Gasteiger partial charge is 0.307 e. The van der Waals surface area contributed by atoms with Crippen molar-refractivity contribution in [1.29, 1.82) is 0 Å². The maximum absolute atomic E-state index is 10.4. The maximum Gasteiger partial charge on any atom is 0.307 e. The van der Waals surface area contributed by atoms with Gasteiger partial charge in [-0.05, 0) is 12.8 Å². The standard InChI is InChI=1S/C7H12O2.C4H6O2.C2H4/c8-7(9)6-4-2-1-3-5-6;1-3-6-4(2)5;1-2/h6H,1-5H2,(H,8,9);3H,1H2,2H3;1-2H2. The van der Waals surface area contributed by atoms with E-state index in [0.717, 1.165) is 31.9 Å². The molecule has 1 saturated carbocycles. The predicted molar refractivity (Wildman–Crippen MR) is 67.4 cm³/mol. The van der Waals surface area contributed by atoms with Gasteiger partial charge in [0.25, 0.3) is 0 Å². The second-order valence-electron chi connectivity index (χ2n) is 3.45. The fourth-order valence-corrected chi connectivity index (χ4v) is 1.47. The first-order valence-corrected chi connectivity index (χ1v) is 5.59. The molecule has 0 saturated heterocycles. The lowest BCUT2D eigenvalue weighted by molar-refractivity contribution is -0.142. The van der Waals surface area contributed by atoms with Crippen LogP contribution in [0.3, 0.4) is 0 Å². The van der Waals surface area contributed by atoms with E-state index in [-0.39, 0.29) is 11.9 Å². The second kappa shape index (κ2) is 12.5. The van der Waals surface area contributed by atoms with Gasteiger partial charge in [0.2, 0.25) is 0 Å². The molecule has 0 heterocycles. The van der Waals surface area contributed by atoms with Gasteiger partial charge in [-0.15, -0.1) is 13.2 Å². The molecule has 1 aliphatic rings. The van der Waals surface area contributed by atoms with E-state index in [4.69, 9.17) is 5.11 Å². The SMILES string of the molecule is C=C.C=COC(C)=O.O=C(O)C1CCCCC1. The number of aliphatic carboxylic acids is 1. The number of hydrogen-bond acceptors (Lipinski definition) is 3. The Morgan fingerprint density at radius 2 is 1.71 bits per heavy atom. The van der Waals surface area contributed by atoms with Gasteiger partial charge in [-0.1, -0.05) is 25.8 Å². The number of hydrogen-bond donors (Lipinski definition) is 1. The van der Waals surface area contributed by atoms with E-state index in [9.17, 15) is 9.59 Å². The van der Waals surface area contributed by atoms with Crippen LogP contribution in [0.4, 0.5) is 0 Å². The van der Waals surface area contributed by atoms with Crippen molar-refractivity contribution in [1.82, 2.24) is 0 Å². The van der Waals surface area contributed by atoms with Crippen LogP contribution in [0.15, 0.2) is 26.0 Å². The highest BCUT2D eigenvalue weighted by atomic mass is 16.5. The van der Waals surface area contributed by atoms with Gasteiger partial charge >= 0.3 is 11.9 Å². The van der Waals surface area contributed by atoms with E-state index < -0.39 is 5.97 Å². The van der Waals surface area contributed by atoms with Crippen LogP contribution in [-0.2, 0) is 14.3 Å². The molecular formula is C13H22O4. The number of rotatable bonds is 2. The summed E-state index contributed by atoms with van der Waals surface area (Å²) in [6.07, 6.45) is 6.34. The third-order valence-electron chi connectivity index (χ3n) is 2.20. The van der Waals surface area contributed by atoms with Gasteiger partial charge in [0, 0.05) is 6.92 Å². The molecule has 0 unspecified atom stereocenters. The van der Waals surface area contributed by atoms with Gasteiger partial charge < -0.3 is 9.84 Å². The molecule has 17 heavy (non-hydrogen) atoms. The minimum absolute atomic E-state index is 0.0289. The van der Waals surface area contributed by atoms with Crippen molar-refractivity contribution in [2.24, 2.45) is 5.92 Å². The Balaban J connectivity index is 0. The topological polar surface area (TPSA) is 63.6 Å². The second-order valence-corrected chi connectivity index (χ2v) is 3.45. The minimum atomic E-state index is -0.602. The van der Waals surface area contributed by atoms with E-state index in [1.54, 1.807) is 0 Å². The Morgan fingerprint density at radius 3 is 1.88 bits per heavy atom. The van der Waals surface area contributed by atoms with Gasteiger partial charge in [-0.3, -0.25) is 9.59 Å². The van der Waals surface area contributed by atoms with Crippen molar-refractivity contribution in [3.05, 3.63) is 26.0 Å². The average Bonchev–Trinajstić information content (AvgIpc) is 2.33. The molecule has 1 aliphatic carbocycles. The summed E-state index contributed by atoms with van der Waals surface area (Å²) < 4.78 is 4.17. The van der Waals surface area contributed by atoms with E-state index >= 15 is 0 Å². The highest BCUT2D eigenvalue weighted by molar-refractivity contribution is 5.69. The number of esters is 1. The first-order valence-electron chi connectivity index (χ1n) is 5.59. The van der Waals surface area contributed by atoms with Crippen molar-refractivity contribution in [2.45, 2.75) is 39.0 Å². The molecule has 4 nitrogen and oxygen atoms in total. The summed E-state index contributed by atoms with van der Waals surface area (Å²) in [5.41, 5.74) is 0. The Morgan fingerprint density at radius 1 is 1.24 bits per heavy atom. The molecule has 0 spiro atoms. The summed E-state index contributed by atoms with van der Waals surface area (Å²) in [5, 5.41) is 8.54. The molecule has 0 aromatic heterocycles. The average molecular weight is 242 g/mol. The van der Waals surface area contributed by atoms with Gasteiger partial charge in [0.15, 0.2) is 0 Å². The lowest BCUT2D eigenvalue weighted by Gasteiger charge is -2.16. The fraction of sp³-hybridized carbons (Fsp3) is 0.538. The highest BCUT2D eigenvalue weighted by Gasteiger charge is 2.19. The normalized spacial score (nSPS) is 14.2. The largest absolute Gasteiger partial charge is 0.481 e. The lowest BCUT2D eigenvalue weighted by Crippen LogP contribution is -2.16. The third-order valence-corrected chi connectivity index (χ3v) is 2.20. The molecular weight excluding hydrogens is 220 g/mol. The molecule has 0 amide bonds. The van der Waals surface area contributed by atoms with Crippen LogP contribution in [0.1, 0.15) is 39.0 Å². The molecule has 0 aromatic rings. The molecule has 4 heteroatoms. The Bertz CT molecular complexity index is 230. The monoisotopic (exact) mass is 242 g/mol. The number of carboxylic acid groups (broad SMARTS) is 1. The van der Waals surface area contributed by atoms with Crippen molar-refractivity contribution >= 4 is 11.9 Å². The van der Waals surface area contributed by atoms with Crippen molar-refractivity contribution in [3.8, 4) is 0 Å². The van der Waals surface area contributed by atoms with E-state index in [0.29, 0.717) is 0 Å². The molecule has 98 valence electrons. The molecule has 0 radical (unpaired) electrons. The Labute approximate surface area is 103 Å². The van der Waals surface area contributed by atoms with Crippen molar-refractivity contribution < 1.29 is 19.4 Å². The van der Waals surface area contributed by atoms with Gasteiger partial charge in [-0.2, -0.15) is 0 Å². The van der Waals surface area contributed by atoms with Gasteiger partial charge in [0.05, 0.1) is 12.2 Å². The maximum atomic E-state index is 10.4. The molecule has 0 bridgehead atoms. The molecule has 1 N–H and O–H groups in total. The van der Waals surface area contributed by atoms with Crippen LogP contribution in [0.5, 0.6) is 0 Å². The summed E-state index contributed by atoms with van der Waals surface area (Å²) in [6.45, 7) is 10.5. The van der Waals surface area contributed by atoms with Crippen molar-refractivity contribution in [2.75, 3.05) is 0 Å². The summed E-state index contributed by atoms with van der Waals surface area (Å²) in [4.78, 5) is 20.1. The van der Waals surface area contributed by atoms with E-state index in [2.05, 4.69) is 24.5 Å². The summed E-state index contributed by atoms with van der Waals surface area (Å²) >= 11 is 0. The fourth-order valence-electron chi connectivity index (χ4n) is 1.47. The van der Waals surface area contributed by atoms with Crippen LogP contribution < -0.4 is 0 Å². The molecule has 1 rings (SSSR count). The van der Waals surface area contributed by atoms with Gasteiger partial charge in [-0.25, -0.2) is 0 Å². The molecule has 0 aromatic carbocycles.